The number of fused-ring (bicyclic) bond motifs is 1. The molecule has 1 heterocycles. The Bertz CT molecular complexity index is 1010. The number of Topliss-reactive ketones (excluding diaryl/α,β-unsaturated/α-hetero) is 1. The predicted molar refractivity (Wildman–Crippen MR) is 109 cm³/mol. The number of benzene rings is 2. The van der Waals surface area contributed by atoms with Crippen molar-refractivity contribution in [3.05, 3.63) is 64.4 Å². The summed E-state index contributed by atoms with van der Waals surface area (Å²) in [6.07, 6.45) is 1.86. The fourth-order valence-corrected chi connectivity index (χ4v) is 3.70. The zero-order valence-electron chi connectivity index (χ0n) is 15.5. The van der Waals surface area contributed by atoms with E-state index in [1.165, 1.54) is 11.8 Å². The molecule has 0 aliphatic rings. The smallest absolute Gasteiger partial charge is 0.262 e. The zero-order chi connectivity index (χ0) is 19.2. The summed E-state index contributed by atoms with van der Waals surface area (Å²) in [5.41, 5.74) is 1.20. The van der Waals surface area contributed by atoms with Crippen LogP contribution in [-0.2, 0) is 6.54 Å². The molecule has 6 heteroatoms. The van der Waals surface area contributed by atoms with Crippen LogP contribution in [0.15, 0.2) is 58.5 Å². The lowest BCUT2D eigenvalue weighted by Gasteiger charge is -2.12. The molecule has 0 fully saturated rings. The number of carbonyl (C=O) groups is 1. The van der Waals surface area contributed by atoms with Crippen molar-refractivity contribution in [1.29, 1.82) is 0 Å². The molecule has 0 radical (unpaired) electrons. The minimum Gasteiger partial charge on any atom is -0.497 e. The number of aromatic nitrogens is 2. The van der Waals surface area contributed by atoms with Gasteiger partial charge in [0.1, 0.15) is 5.75 Å². The first kappa shape index (κ1) is 19.2. The molecule has 0 bridgehead atoms. The van der Waals surface area contributed by atoms with E-state index in [1.807, 2.05) is 18.2 Å². The van der Waals surface area contributed by atoms with Crippen molar-refractivity contribution in [3.63, 3.8) is 0 Å². The van der Waals surface area contributed by atoms with E-state index in [9.17, 15) is 9.59 Å². The third kappa shape index (κ3) is 4.39. The summed E-state index contributed by atoms with van der Waals surface area (Å²) in [7, 11) is 1.57. The van der Waals surface area contributed by atoms with Crippen molar-refractivity contribution in [3.8, 4) is 5.75 Å². The molecule has 0 aliphatic heterocycles. The molecule has 0 spiro atoms. The standard InChI is InChI=1S/C21H22N2O3S/c1-3-4-12-23-20(25)17-10-5-6-11-18(17)22-21(23)27-14-19(24)15-8-7-9-16(13-15)26-2/h5-11,13H,3-4,12,14H2,1-2H3. The van der Waals surface area contributed by atoms with E-state index >= 15 is 0 Å². The van der Waals surface area contributed by atoms with Gasteiger partial charge in [0.25, 0.3) is 5.56 Å². The fourth-order valence-electron chi connectivity index (χ4n) is 2.78. The maximum absolute atomic E-state index is 12.9. The van der Waals surface area contributed by atoms with Gasteiger partial charge in [-0.25, -0.2) is 4.98 Å². The maximum Gasteiger partial charge on any atom is 0.262 e. The average Bonchev–Trinajstić information content (AvgIpc) is 2.71. The van der Waals surface area contributed by atoms with Gasteiger partial charge in [-0.1, -0.05) is 49.4 Å². The van der Waals surface area contributed by atoms with E-state index in [0.29, 0.717) is 33.9 Å². The van der Waals surface area contributed by atoms with Gasteiger partial charge in [-0.3, -0.25) is 14.2 Å². The number of thioether (sulfide) groups is 1. The Morgan fingerprint density at radius 1 is 1.19 bits per heavy atom. The quantitative estimate of drug-likeness (QED) is 0.332. The average molecular weight is 382 g/mol. The van der Waals surface area contributed by atoms with Crippen LogP contribution in [0, 0.1) is 0 Å². The van der Waals surface area contributed by atoms with Gasteiger partial charge in [-0.2, -0.15) is 0 Å². The molecule has 2 aromatic carbocycles. The summed E-state index contributed by atoms with van der Waals surface area (Å²) >= 11 is 1.30. The molecule has 0 aliphatic carbocycles. The first-order valence-corrected chi connectivity index (χ1v) is 9.92. The van der Waals surface area contributed by atoms with Gasteiger partial charge in [0.15, 0.2) is 10.9 Å². The largest absolute Gasteiger partial charge is 0.497 e. The molecule has 1 aromatic heterocycles. The van der Waals surface area contributed by atoms with Crippen LogP contribution in [0.1, 0.15) is 30.1 Å². The maximum atomic E-state index is 12.9. The van der Waals surface area contributed by atoms with Gasteiger partial charge in [-0.05, 0) is 30.7 Å². The molecule has 0 amide bonds. The van der Waals surface area contributed by atoms with Crippen molar-refractivity contribution in [1.82, 2.24) is 9.55 Å². The second-order valence-electron chi connectivity index (χ2n) is 6.17. The monoisotopic (exact) mass is 382 g/mol. The predicted octanol–water partition coefficient (Wildman–Crippen LogP) is 4.18. The third-order valence-electron chi connectivity index (χ3n) is 4.29. The molecule has 3 rings (SSSR count). The molecule has 0 N–H and O–H groups in total. The normalized spacial score (nSPS) is 10.9. The molecule has 0 saturated carbocycles. The Morgan fingerprint density at radius 3 is 2.78 bits per heavy atom. The van der Waals surface area contributed by atoms with Crippen molar-refractivity contribution < 1.29 is 9.53 Å². The summed E-state index contributed by atoms with van der Waals surface area (Å²) in [6, 6.07) is 14.4. The van der Waals surface area contributed by atoms with E-state index in [4.69, 9.17) is 4.74 Å². The molecular weight excluding hydrogens is 360 g/mol. The van der Waals surface area contributed by atoms with Crippen molar-refractivity contribution in [2.75, 3.05) is 12.9 Å². The summed E-state index contributed by atoms with van der Waals surface area (Å²) in [5, 5.41) is 1.19. The van der Waals surface area contributed by atoms with Crippen LogP contribution in [-0.4, -0.2) is 28.2 Å². The van der Waals surface area contributed by atoms with Crippen LogP contribution < -0.4 is 10.3 Å². The minimum absolute atomic E-state index is 0.0247. The third-order valence-corrected chi connectivity index (χ3v) is 5.26. The van der Waals surface area contributed by atoms with Gasteiger partial charge in [0, 0.05) is 12.1 Å². The lowest BCUT2D eigenvalue weighted by molar-refractivity contribution is 0.102. The zero-order valence-corrected chi connectivity index (χ0v) is 16.3. The van der Waals surface area contributed by atoms with Crippen LogP contribution in [0.5, 0.6) is 5.75 Å². The highest BCUT2D eigenvalue weighted by atomic mass is 32.2. The van der Waals surface area contributed by atoms with Crippen LogP contribution >= 0.6 is 11.8 Å². The van der Waals surface area contributed by atoms with E-state index in [0.717, 1.165) is 12.8 Å². The van der Waals surface area contributed by atoms with Gasteiger partial charge >= 0.3 is 0 Å². The Morgan fingerprint density at radius 2 is 2.00 bits per heavy atom. The Kier molecular flexibility index (Phi) is 6.29. The van der Waals surface area contributed by atoms with E-state index in [-0.39, 0.29) is 17.1 Å². The molecular formula is C21H22N2O3S. The first-order valence-electron chi connectivity index (χ1n) is 8.93. The van der Waals surface area contributed by atoms with Crippen LogP contribution in [0.4, 0.5) is 0 Å². The van der Waals surface area contributed by atoms with Crippen molar-refractivity contribution in [2.45, 2.75) is 31.5 Å². The fraction of sp³-hybridized carbons (Fsp3) is 0.286. The van der Waals surface area contributed by atoms with Gasteiger partial charge < -0.3 is 4.74 Å². The molecule has 0 atom stereocenters. The van der Waals surface area contributed by atoms with Crippen LogP contribution in [0.2, 0.25) is 0 Å². The number of unbranched alkanes of at least 4 members (excludes halogenated alkanes) is 1. The van der Waals surface area contributed by atoms with Crippen LogP contribution in [0.3, 0.4) is 0 Å². The Hall–Kier alpha value is -2.60. The van der Waals surface area contributed by atoms with Crippen LogP contribution in [0.25, 0.3) is 10.9 Å². The number of nitrogens with zero attached hydrogens (tertiary/aromatic N) is 2. The number of rotatable bonds is 8. The molecule has 140 valence electrons. The van der Waals surface area contributed by atoms with E-state index in [2.05, 4.69) is 11.9 Å². The number of para-hydroxylation sites is 1. The summed E-state index contributed by atoms with van der Waals surface area (Å²) in [6.45, 7) is 2.68. The number of ether oxygens (including phenoxy) is 1. The number of ketones is 1. The minimum atomic E-state index is -0.0506. The molecule has 5 nitrogen and oxygen atoms in total. The van der Waals surface area contributed by atoms with Crippen molar-refractivity contribution >= 4 is 28.4 Å². The van der Waals surface area contributed by atoms with Gasteiger partial charge in [-0.15, -0.1) is 0 Å². The lowest BCUT2D eigenvalue weighted by atomic mass is 10.1. The molecule has 27 heavy (non-hydrogen) atoms. The SMILES string of the molecule is CCCCn1c(SCC(=O)c2cccc(OC)c2)nc2ccccc2c1=O. The number of hydrogen-bond acceptors (Lipinski definition) is 5. The topological polar surface area (TPSA) is 61.2 Å². The summed E-state index contributed by atoms with van der Waals surface area (Å²) in [4.78, 5) is 30.1. The van der Waals surface area contributed by atoms with Gasteiger partial charge in [0.2, 0.25) is 0 Å². The second kappa shape index (κ2) is 8.86. The lowest BCUT2D eigenvalue weighted by Crippen LogP contribution is -2.24. The highest BCUT2D eigenvalue weighted by Gasteiger charge is 2.14. The Labute approximate surface area is 162 Å². The highest BCUT2D eigenvalue weighted by molar-refractivity contribution is 7.99. The molecule has 0 unspecified atom stereocenters. The Balaban J connectivity index is 1.88. The summed E-state index contributed by atoms with van der Waals surface area (Å²) in [5.74, 6) is 0.835. The number of methoxy groups -OCH3 is 1. The summed E-state index contributed by atoms with van der Waals surface area (Å²) < 4.78 is 6.87. The second-order valence-corrected chi connectivity index (χ2v) is 7.11. The number of hydrogen-bond donors (Lipinski definition) is 0. The molecule has 0 saturated heterocycles. The first-order chi connectivity index (χ1) is 13.1. The highest BCUT2D eigenvalue weighted by Crippen LogP contribution is 2.21. The van der Waals surface area contributed by atoms with Crippen molar-refractivity contribution in [2.24, 2.45) is 0 Å². The van der Waals surface area contributed by atoms with Gasteiger partial charge in [0.05, 0.1) is 23.8 Å². The van der Waals surface area contributed by atoms with E-state index < -0.39 is 0 Å². The molecule has 3 aromatic rings. The van der Waals surface area contributed by atoms with E-state index in [1.54, 1.807) is 42.0 Å². The number of carbonyl (C=O) groups excluding carboxylic acids is 1.